The molecule has 0 unspecified atom stereocenters. The van der Waals surface area contributed by atoms with Gasteiger partial charge in [0.2, 0.25) is 4.38 Å². The predicted molar refractivity (Wildman–Crippen MR) is 29.6 cm³/mol. The van der Waals surface area contributed by atoms with E-state index in [2.05, 4.69) is 24.8 Å². The molecule has 0 amide bonds. The fraction of sp³-hybridized carbons (Fsp3) is 0. The fourth-order valence-corrected chi connectivity index (χ4v) is 0. The Morgan fingerprint density at radius 2 is 1.40 bits per heavy atom. The van der Waals surface area contributed by atoms with E-state index in [-0.39, 0.29) is 63.5 Å². The molecule has 4 nitrogen and oxygen atoms in total. The zero-order valence-corrected chi connectivity index (χ0v) is 11.2. The molecule has 0 spiro atoms. The van der Waals surface area contributed by atoms with Crippen LogP contribution < -0.4 is 69.3 Å². The summed E-state index contributed by atoms with van der Waals surface area (Å²) in [5.74, 6) is 0. The van der Waals surface area contributed by atoms with Crippen molar-refractivity contribution in [2.45, 2.75) is 0 Å². The number of thiol groups is 1. The first-order valence-electron chi connectivity index (χ1n) is 1.26. The Hall–Kier alpha value is 1.51. The Labute approximate surface area is 113 Å². The minimum Gasteiger partial charge on any atom is -0.652 e. The van der Waals surface area contributed by atoms with Gasteiger partial charge in [0.15, 0.2) is 0 Å². The number of thiocarbonyl (C=S) groups is 1. The van der Waals surface area contributed by atoms with E-state index in [0.29, 0.717) is 0 Å². The van der Waals surface area contributed by atoms with Crippen molar-refractivity contribution >= 4 is 35.4 Å². The van der Waals surface area contributed by atoms with Crippen molar-refractivity contribution in [2.75, 3.05) is 0 Å². The Kier molecular flexibility index (Phi) is 38.0. The number of carboxylic acid groups (broad SMARTS) is 2. The van der Waals surface area contributed by atoms with E-state index < -0.39 is 6.16 Å². The zero-order chi connectivity index (χ0) is 7.15. The molecule has 0 fully saturated rings. The second-order valence-electron chi connectivity index (χ2n) is 0.533. The van der Waals surface area contributed by atoms with Crippen LogP contribution >= 0.6 is 24.8 Å². The maximum Gasteiger partial charge on any atom is 1.00 e. The second-order valence-corrected chi connectivity index (χ2v) is 1.65. The van der Waals surface area contributed by atoms with Crippen LogP contribution in [0.5, 0.6) is 0 Å². The molecule has 8 heteroatoms. The molecule has 0 aromatic heterocycles. The SMILES string of the molecule is O=C([O-])[O-].OC(=S)S.[Na+].[Na+]. The second kappa shape index (κ2) is 16.9. The van der Waals surface area contributed by atoms with Gasteiger partial charge in [-0.05, 0) is 18.4 Å². The molecule has 48 valence electrons. The van der Waals surface area contributed by atoms with Crippen LogP contribution in [0.2, 0.25) is 0 Å². The first kappa shape index (κ1) is 22.5. The molecule has 0 aliphatic carbocycles. The normalized spacial score (nSPS) is 4.90. The van der Waals surface area contributed by atoms with Crippen LogP contribution in [0.15, 0.2) is 0 Å². The van der Waals surface area contributed by atoms with Gasteiger partial charge >= 0.3 is 59.1 Å². The number of aliphatic hydroxyl groups excluding tert-OH is 1. The maximum atomic E-state index is 8.33. The Morgan fingerprint density at radius 3 is 1.40 bits per heavy atom. The Morgan fingerprint density at radius 1 is 1.40 bits per heavy atom. The summed E-state index contributed by atoms with van der Waals surface area (Å²) in [6.45, 7) is 0. The largest absolute Gasteiger partial charge is 1.00 e. The van der Waals surface area contributed by atoms with Gasteiger partial charge in [0.25, 0.3) is 0 Å². The number of carbonyl (C=O) groups excluding carboxylic acids is 1. The van der Waals surface area contributed by atoms with Crippen LogP contribution in [0.4, 0.5) is 4.79 Å². The smallest absolute Gasteiger partial charge is 0.652 e. The van der Waals surface area contributed by atoms with Crippen molar-refractivity contribution in [3.8, 4) is 0 Å². The van der Waals surface area contributed by atoms with Crippen LogP contribution in [0.1, 0.15) is 0 Å². The molecule has 0 saturated carbocycles. The summed E-state index contributed by atoms with van der Waals surface area (Å²) in [4.78, 5) is 8.33. The molecule has 0 heterocycles. The minimum absolute atomic E-state index is 0. The van der Waals surface area contributed by atoms with Crippen LogP contribution in [0, 0.1) is 0 Å². The quantitative estimate of drug-likeness (QED) is 0.230. The molecule has 0 atom stereocenters. The first-order chi connectivity index (χ1) is 3.46. The van der Waals surface area contributed by atoms with Gasteiger partial charge in [-0.2, -0.15) is 0 Å². The number of hydrogen-bond donors (Lipinski definition) is 2. The first-order valence-corrected chi connectivity index (χ1v) is 2.12. The monoisotopic (exact) mass is 200 g/mol. The number of rotatable bonds is 0. The van der Waals surface area contributed by atoms with E-state index in [1.54, 1.807) is 0 Å². The number of aliphatic hydroxyl groups is 1. The zero-order valence-electron chi connectivity index (χ0n) is 5.53. The standard InChI is InChI=1S/CH2O3.CH2OS2.2Na/c2*2-1(3)4;;/h2*(H2,2,3,4);;/q;;2*+1/p-2. The molecule has 10 heavy (non-hydrogen) atoms. The molecule has 0 bridgehead atoms. The molecular weight excluding hydrogens is 198 g/mol. The molecule has 0 radical (unpaired) electrons. The Bertz CT molecular complexity index is 77.3. The number of hydrogen-bond acceptors (Lipinski definition) is 4. The average molecular weight is 200 g/mol. The van der Waals surface area contributed by atoms with Gasteiger partial charge in [-0.1, -0.05) is 12.6 Å². The summed E-state index contributed by atoms with van der Waals surface area (Å²) < 4.78 is -0.306. The van der Waals surface area contributed by atoms with Crippen molar-refractivity contribution in [3.63, 3.8) is 0 Å². The predicted octanol–water partition coefficient (Wildman–Crippen LogP) is -7.68. The van der Waals surface area contributed by atoms with Crippen molar-refractivity contribution in [1.82, 2.24) is 0 Å². The third-order valence-corrected chi connectivity index (χ3v) is 0. The molecule has 0 aromatic rings. The maximum absolute atomic E-state index is 8.33. The van der Waals surface area contributed by atoms with Crippen molar-refractivity contribution in [3.05, 3.63) is 0 Å². The van der Waals surface area contributed by atoms with Gasteiger partial charge in [-0.15, -0.1) is 0 Å². The fourth-order valence-electron chi connectivity index (χ4n) is 0. The molecule has 0 rings (SSSR count). The molecule has 0 saturated heterocycles. The summed E-state index contributed by atoms with van der Waals surface area (Å²) in [7, 11) is 0. The van der Waals surface area contributed by atoms with Crippen molar-refractivity contribution in [2.24, 2.45) is 0 Å². The van der Waals surface area contributed by atoms with Crippen LogP contribution in [-0.2, 0) is 0 Å². The van der Waals surface area contributed by atoms with Gasteiger partial charge in [0.1, 0.15) is 0 Å². The van der Waals surface area contributed by atoms with Gasteiger partial charge in [0.05, 0.1) is 0 Å². The molecular formula is C2H2Na2O4S2. The van der Waals surface area contributed by atoms with Gasteiger partial charge in [-0.3, -0.25) is 0 Å². The van der Waals surface area contributed by atoms with E-state index in [9.17, 15) is 0 Å². The van der Waals surface area contributed by atoms with Crippen LogP contribution in [0.3, 0.4) is 0 Å². The average Bonchev–Trinajstić information content (AvgIpc) is 1.25. The minimum atomic E-state index is -2.33. The molecule has 0 aromatic carbocycles. The van der Waals surface area contributed by atoms with Crippen LogP contribution in [0.25, 0.3) is 0 Å². The number of carbonyl (C=O) groups is 1. The summed E-state index contributed by atoms with van der Waals surface area (Å²) in [5, 5.41) is 24.3. The van der Waals surface area contributed by atoms with Gasteiger partial charge < -0.3 is 20.1 Å². The molecule has 0 aliphatic heterocycles. The summed E-state index contributed by atoms with van der Waals surface area (Å²) in [6, 6.07) is 0. The van der Waals surface area contributed by atoms with Crippen LogP contribution in [-0.4, -0.2) is 15.6 Å². The van der Waals surface area contributed by atoms with Crippen molar-refractivity contribution in [1.29, 1.82) is 0 Å². The van der Waals surface area contributed by atoms with Gasteiger partial charge in [-0.25, -0.2) is 0 Å². The molecule has 1 N–H and O–H groups in total. The topological polar surface area (TPSA) is 83.4 Å². The molecule has 0 aliphatic rings. The third-order valence-electron chi connectivity index (χ3n) is 0. The van der Waals surface area contributed by atoms with E-state index in [1.165, 1.54) is 0 Å². The summed E-state index contributed by atoms with van der Waals surface area (Å²) in [6.07, 6.45) is -2.33. The van der Waals surface area contributed by atoms with E-state index in [0.717, 1.165) is 0 Å². The summed E-state index contributed by atoms with van der Waals surface area (Å²) >= 11 is 7.21. The summed E-state index contributed by atoms with van der Waals surface area (Å²) in [5.41, 5.74) is 0. The van der Waals surface area contributed by atoms with E-state index in [4.69, 9.17) is 20.1 Å². The van der Waals surface area contributed by atoms with Crippen molar-refractivity contribution < 1.29 is 79.2 Å². The van der Waals surface area contributed by atoms with E-state index in [1.807, 2.05) is 0 Å². The third kappa shape index (κ3) is 302. The Balaban J connectivity index is -0.0000000300. The van der Waals surface area contributed by atoms with E-state index >= 15 is 0 Å². The van der Waals surface area contributed by atoms with Gasteiger partial charge in [0, 0.05) is 0 Å².